The Morgan fingerprint density at radius 1 is 1.24 bits per heavy atom. The van der Waals surface area contributed by atoms with Crippen LogP contribution in [0, 0.1) is 0 Å². The lowest BCUT2D eigenvalue weighted by atomic mass is 10.0. The van der Waals surface area contributed by atoms with Crippen LogP contribution >= 0.6 is 11.3 Å². The maximum Gasteiger partial charge on any atom is 0.409 e. The van der Waals surface area contributed by atoms with Gasteiger partial charge >= 0.3 is 6.09 Å². The SMILES string of the molecule is CCOC(=O)N1CCN([C@@H](c2cccc(OC)c2)c2sc3nc(-c4ccco4)nn3c2O)CC1. The van der Waals surface area contributed by atoms with Gasteiger partial charge in [-0.15, -0.1) is 5.10 Å². The van der Waals surface area contributed by atoms with Crippen molar-refractivity contribution >= 4 is 22.4 Å². The summed E-state index contributed by atoms with van der Waals surface area (Å²) in [5, 5.41) is 15.6. The highest BCUT2D eigenvalue weighted by molar-refractivity contribution is 7.17. The second-order valence-corrected chi connectivity index (χ2v) is 8.81. The molecular formula is C23H25N5O5S. The van der Waals surface area contributed by atoms with Crippen molar-refractivity contribution in [3.8, 4) is 23.2 Å². The summed E-state index contributed by atoms with van der Waals surface area (Å²) in [5.41, 5.74) is 0.968. The fraction of sp³-hybridized carbons (Fsp3) is 0.348. The molecule has 1 aliphatic rings. The first kappa shape index (κ1) is 22.2. The zero-order valence-electron chi connectivity index (χ0n) is 18.9. The monoisotopic (exact) mass is 483 g/mol. The van der Waals surface area contributed by atoms with Crippen molar-refractivity contribution < 1.29 is 23.8 Å². The number of nitrogens with zero attached hydrogens (tertiary/aromatic N) is 5. The highest BCUT2D eigenvalue weighted by Gasteiger charge is 2.33. The van der Waals surface area contributed by atoms with Crippen LogP contribution in [0.2, 0.25) is 0 Å². The minimum atomic E-state index is -0.299. The van der Waals surface area contributed by atoms with Crippen LogP contribution < -0.4 is 4.74 Å². The van der Waals surface area contributed by atoms with E-state index in [0.717, 1.165) is 16.2 Å². The van der Waals surface area contributed by atoms with Crippen LogP contribution in [0.1, 0.15) is 23.4 Å². The Labute approximate surface area is 199 Å². The number of thiazole rings is 1. The number of aromatic hydroxyl groups is 1. The molecule has 0 saturated carbocycles. The zero-order chi connectivity index (χ0) is 23.7. The number of benzene rings is 1. The smallest absolute Gasteiger partial charge is 0.409 e. The number of aromatic nitrogens is 3. The van der Waals surface area contributed by atoms with Crippen LogP contribution in [0.25, 0.3) is 16.5 Å². The first-order chi connectivity index (χ1) is 16.6. The Bertz CT molecular complexity index is 1280. The molecule has 0 unspecified atom stereocenters. The summed E-state index contributed by atoms with van der Waals surface area (Å²) in [5.74, 6) is 1.72. The van der Waals surface area contributed by atoms with Gasteiger partial charge in [-0.2, -0.15) is 9.50 Å². The lowest BCUT2D eigenvalue weighted by Gasteiger charge is -2.38. The molecule has 178 valence electrons. The maximum atomic E-state index is 12.2. The number of furan rings is 1. The molecule has 1 aliphatic heterocycles. The molecular weight excluding hydrogens is 458 g/mol. The minimum Gasteiger partial charge on any atom is -0.497 e. The molecule has 34 heavy (non-hydrogen) atoms. The molecule has 11 heteroatoms. The van der Waals surface area contributed by atoms with E-state index >= 15 is 0 Å². The Kier molecular flexibility index (Phi) is 6.12. The molecule has 5 rings (SSSR count). The number of rotatable bonds is 6. The van der Waals surface area contributed by atoms with Gasteiger partial charge in [0.2, 0.25) is 16.7 Å². The highest BCUT2D eigenvalue weighted by Crippen LogP contribution is 2.41. The number of carbonyl (C=O) groups is 1. The molecule has 0 aliphatic carbocycles. The fourth-order valence-electron chi connectivity index (χ4n) is 4.16. The quantitative estimate of drug-likeness (QED) is 0.443. The molecule has 0 radical (unpaired) electrons. The van der Waals surface area contributed by atoms with Gasteiger partial charge in [0.15, 0.2) is 5.76 Å². The number of methoxy groups -OCH3 is 1. The summed E-state index contributed by atoms with van der Waals surface area (Å²) in [6.45, 7) is 4.44. The summed E-state index contributed by atoms with van der Waals surface area (Å²) in [4.78, 5) is 22.0. The predicted molar refractivity (Wildman–Crippen MR) is 125 cm³/mol. The highest BCUT2D eigenvalue weighted by atomic mass is 32.1. The summed E-state index contributed by atoms with van der Waals surface area (Å²) in [6, 6.07) is 11.1. The van der Waals surface area contributed by atoms with Crippen molar-refractivity contribution in [1.29, 1.82) is 0 Å². The molecule has 1 amide bonds. The van der Waals surface area contributed by atoms with E-state index in [4.69, 9.17) is 13.9 Å². The topological polar surface area (TPSA) is 106 Å². The maximum absolute atomic E-state index is 12.2. The molecule has 4 heterocycles. The van der Waals surface area contributed by atoms with E-state index in [0.29, 0.717) is 49.3 Å². The van der Waals surface area contributed by atoms with E-state index < -0.39 is 0 Å². The standard InChI is InChI=1S/C23H25N5O5S/c1-3-32-23(30)27-11-9-26(10-12-27)18(15-6-4-7-16(14-15)31-2)19-21(29)28-22(34-19)24-20(25-28)17-8-5-13-33-17/h4-8,13-14,18,29H,3,9-12H2,1-2H3/t18-/m0/s1. The van der Waals surface area contributed by atoms with Gasteiger partial charge in [0.1, 0.15) is 5.75 Å². The number of fused-ring (bicyclic) bond motifs is 1. The number of hydrogen-bond donors (Lipinski definition) is 1. The van der Waals surface area contributed by atoms with Crippen LogP contribution in [0.5, 0.6) is 11.6 Å². The summed E-state index contributed by atoms with van der Waals surface area (Å²) in [7, 11) is 1.63. The average Bonchev–Trinajstić information content (AvgIpc) is 3.59. The molecule has 0 bridgehead atoms. The Morgan fingerprint density at radius 2 is 2.06 bits per heavy atom. The molecule has 1 saturated heterocycles. The van der Waals surface area contributed by atoms with Crippen LogP contribution in [0.4, 0.5) is 4.79 Å². The Morgan fingerprint density at radius 3 is 2.74 bits per heavy atom. The van der Waals surface area contributed by atoms with E-state index in [1.165, 1.54) is 15.9 Å². The second kappa shape index (κ2) is 9.35. The molecule has 1 N–H and O–H groups in total. The third kappa shape index (κ3) is 4.08. The van der Waals surface area contributed by atoms with Crippen molar-refractivity contribution in [3.63, 3.8) is 0 Å². The fourth-order valence-corrected chi connectivity index (χ4v) is 5.27. The number of ether oxygens (including phenoxy) is 2. The normalized spacial score (nSPS) is 15.5. The van der Waals surface area contributed by atoms with Gasteiger partial charge in [-0.3, -0.25) is 4.90 Å². The predicted octanol–water partition coefficient (Wildman–Crippen LogP) is 3.63. The Hall–Kier alpha value is -3.57. The van der Waals surface area contributed by atoms with E-state index in [-0.39, 0.29) is 18.0 Å². The van der Waals surface area contributed by atoms with Crippen molar-refractivity contribution in [1.82, 2.24) is 24.4 Å². The van der Waals surface area contributed by atoms with Crippen LogP contribution in [0.3, 0.4) is 0 Å². The average molecular weight is 484 g/mol. The van der Waals surface area contributed by atoms with Crippen LogP contribution in [-0.4, -0.2) is 75.5 Å². The first-order valence-corrected chi connectivity index (χ1v) is 11.8. The molecule has 10 nitrogen and oxygen atoms in total. The number of carbonyl (C=O) groups excluding carboxylic acids is 1. The van der Waals surface area contributed by atoms with Gasteiger partial charge in [0.25, 0.3) is 0 Å². The largest absolute Gasteiger partial charge is 0.497 e. The van der Waals surface area contributed by atoms with E-state index in [1.54, 1.807) is 37.3 Å². The van der Waals surface area contributed by atoms with Gasteiger partial charge < -0.3 is 23.9 Å². The summed E-state index contributed by atoms with van der Waals surface area (Å²) >= 11 is 1.38. The molecule has 3 aromatic heterocycles. The van der Waals surface area contributed by atoms with Gasteiger partial charge in [-0.1, -0.05) is 23.5 Å². The van der Waals surface area contributed by atoms with E-state index in [9.17, 15) is 9.90 Å². The number of amides is 1. The molecule has 4 aromatic rings. The van der Waals surface area contributed by atoms with Crippen molar-refractivity contribution in [3.05, 3.63) is 53.1 Å². The lowest BCUT2D eigenvalue weighted by Crippen LogP contribution is -2.49. The number of hydrogen-bond acceptors (Lipinski definition) is 9. The van der Waals surface area contributed by atoms with Gasteiger partial charge in [0.05, 0.1) is 30.9 Å². The number of piperazine rings is 1. The van der Waals surface area contributed by atoms with Crippen molar-refractivity contribution in [2.75, 3.05) is 39.9 Å². The van der Waals surface area contributed by atoms with Crippen molar-refractivity contribution in [2.24, 2.45) is 0 Å². The zero-order valence-corrected chi connectivity index (χ0v) is 19.7. The van der Waals surface area contributed by atoms with E-state index in [2.05, 4.69) is 15.0 Å². The van der Waals surface area contributed by atoms with Gasteiger partial charge in [0, 0.05) is 26.2 Å². The summed E-state index contributed by atoms with van der Waals surface area (Å²) < 4.78 is 17.4. The van der Waals surface area contributed by atoms with Crippen LogP contribution in [0.15, 0.2) is 47.1 Å². The van der Waals surface area contributed by atoms with E-state index in [1.807, 2.05) is 24.3 Å². The summed E-state index contributed by atoms with van der Waals surface area (Å²) in [6.07, 6.45) is 1.26. The Balaban J connectivity index is 1.50. The van der Waals surface area contributed by atoms with Gasteiger partial charge in [-0.25, -0.2) is 4.79 Å². The second-order valence-electron chi connectivity index (χ2n) is 7.80. The van der Waals surface area contributed by atoms with Gasteiger partial charge in [-0.05, 0) is 36.8 Å². The molecule has 1 fully saturated rings. The molecule has 0 spiro atoms. The third-order valence-electron chi connectivity index (χ3n) is 5.80. The third-order valence-corrected chi connectivity index (χ3v) is 6.88. The molecule has 1 aromatic carbocycles. The minimum absolute atomic E-state index is 0.0333. The van der Waals surface area contributed by atoms with Crippen molar-refractivity contribution in [2.45, 2.75) is 13.0 Å². The first-order valence-electron chi connectivity index (χ1n) is 11.0. The van der Waals surface area contributed by atoms with Crippen LogP contribution in [-0.2, 0) is 4.74 Å². The molecule has 1 atom stereocenters. The lowest BCUT2D eigenvalue weighted by molar-refractivity contribution is 0.0715.